The van der Waals surface area contributed by atoms with Crippen molar-refractivity contribution in [2.24, 2.45) is 11.8 Å². The van der Waals surface area contributed by atoms with E-state index in [1.165, 1.54) is 0 Å². The molecule has 0 bridgehead atoms. The van der Waals surface area contributed by atoms with Crippen molar-refractivity contribution in [3.8, 4) is 6.07 Å². The predicted octanol–water partition coefficient (Wildman–Crippen LogP) is 3.03. The van der Waals surface area contributed by atoms with Crippen molar-refractivity contribution in [2.45, 2.75) is 63.6 Å². The summed E-state index contributed by atoms with van der Waals surface area (Å²) in [6.45, 7) is 3.87. The van der Waals surface area contributed by atoms with Crippen molar-refractivity contribution in [1.29, 1.82) is 5.26 Å². The van der Waals surface area contributed by atoms with Gasteiger partial charge in [-0.3, -0.25) is 14.4 Å². The molecular weight excluding hydrogens is 442 g/mol. The lowest BCUT2D eigenvalue weighted by Gasteiger charge is -2.21. The Hall–Kier alpha value is -3.05. The van der Waals surface area contributed by atoms with Gasteiger partial charge in [-0.15, -0.1) is 0 Å². The molecular formula is C24H28ClN5O3. The number of aromatic amines is 1. The fraction of sp³-hybridized carbons (Fsp3) is 0.500. The molecule has 0 radical (unpaired) electrons. The van der Waals surface area contributed by atoms with Crippen LogP contribution in [0.15, 0.2) is 24.3 Å². The molecule has 3 amide bonds. The minimum atomic E-state index is -0.812. The van der Waals surface area contributed by atoms with Crippen molar-refractivity contribution in [2.75, 3.05) is 0 Å². The molecule has 3 atom stereocenters. The smallest absolute Gasteiger partial charge is 0.268 e. The number of benzene rings is 1. The summed E-state index contributed by atoms with van der Waals surface area (Å²) >= 11 is 6.19. The number of para-hydroxylation sites is 1. The van der Waals surface area contributed by atoms with Crippen LogP contribution in [0.3, 0.4) is 0 Å². The number of hydrogen-bond donors (Lipinski definition) is 4. The molecule has 0 spiro atoms. The van der Waals surface area contributed by atoms with Crippen LogP contribution in [0, 0.1) is 23.2 Å². The number of nitrogens with one attached hydrogen (secondary N) is 4. The molecule has 2 aromatic rings. The van der Waals surface area contributed by atoms with E-state index in [0.29, 0.717) is 35.0 Å². The maximum atomic E-state index is 13.0. The number of nitrogens with zero attached hydrogens (tertiary/aromatic N) is 1. The number of rotatable bonds is 8. The van der Waals surface area contributed by atoms with Crippen LogP contribution >= 0.6 is 11.6 Å². The summed E-state index contributed by atoms with van der Waals surface area (Å²) in [6, 6.07) is 7.60. The second-order valence-corrected chi connectivity index (χ2v) is 10.2. The topological polar surface area (TPSA) is 127 Å². The zero-order valence-electron chi connectivity index (χ0n) is 18.7. The largest absolute Gasteiger partial charge is 0.351 e. The summed E-state index contributed by atoms with van der Waals surface area (Å²) in [6.07, 6.45) is 3.38. The lowest BCUT2D eigenvalue weighted by Crippen LogP contribution is -2.50. The molecule has 4 N–H and O–H groups in total. The third kappa shape index (κ3) is 5.48. The molecule has 2 heterocycles. The Kier molecular flexibility index (Phi) is 6.35. The molecule has 1 aliphatic carbocycles. The summed E-state index contributed by atoms with van der Waals surface area (Å²) in [7, 11) is 0. The van der Waals surface area contributed by atoms with E-state index >= 15 is 0 Å². The fourth-order valence-electron chi connectivity index (χ4n) is 4.48. The Morgan fingerprint density at radius 2 is 2.03 bits per heavy atom. The highest BCUT2D eigenvalue weighted by molar-refractivity contribution is 6.35. The minimum Gasteiger partial charge on any atom is -0.351 e. The second-order valence-electron chi connectivity index (χ2n) is 9.79. The lowest BCUT2D eigenvalue weighted by atomic mass is 9.92. The average molecular weight is 470 g/mol. The third-order valence-corrected chi connectivity index (χ3v) is 6.63. The SMILES string of the molecule is CC1(C)C[C@H](C[C@@H](C#N)NC(=O)[C@H](CC2CC2)NC(=O)c2cc3cccc(Cl)c3[nH]2)C(=O)N1. The number of amides is 3. The number of carbonyl (C=O) groups excluding carboxylic acids is 3. The standard InChI is InChI=1S/C24H28ClN5O3/c1-24(2)11-15(21(31)30-24)9-16(12-26)27-22(32)18(8-13-6-7-13)29-23(33)19-10-14-4-3-5-17(25)20(14)28-19/h3-5,10,13,15-16,18,28H,6-9,11H2,1-2H3,(H,27,32)(H,29,33)(H,30,31)/t15-,16-,18-/m0/s1. The molecule has 1 saturated heterocycles. The number of hydrogen-bond acceptors (Lipinski definition) is 4. The van der Waals surface area contributed by atoms with Gasteiger partial charge in [0.25, 0.3) is 5.91 Å². The highest BCUT2D eigenvalue weighted by atomic mass is 35.5. The zero-order chi connectivity index (χ0) is 23.8. The Morgan fingerprint density at radius 3 is 2.64 bits per heavy atom. The Bertz CT molecular complexity index is 1130. The highest BCUT2D eigenvalue weighted by Crippen LogP contribution is 2.34. The molecule has 1 aliphatic heterocycles. The van der Waals surface area contributed by atoms with Crippen LogP contribution in [-0.2, 0) is 9.59 Å². The predicted molar refractivity (Wildman–Crippen MR) is 124 cm³/mol. The van der Waals surface area contributed by atoms with E-state index in [1.54, 1.807) is 18.2 Å². The average Bonchev–Trinajstić information content (AvgIpc) is 3.38. The maximum absolute atomic E-state index is 13.0. The number of nitriles is 1. The van der Waals surface area contributed by atoms with Crippen molar-refractivity contribution in [3.63, 3.8) is 0 Å². The third-order valence-electron chi connectivity index (χ3n) is 6.32. The molecule has 1 aromatic carbocycles. The van der Waals surface area contributed by atoms with Crippen LogP contribution in [-0.4, -0.2) is 40.3 Å². The molecule has 1 saturated carbocycles. The van der Waals surface area contributed by atoms with Gasteiger partial charge in [-0.25, -0.2) is 0 Å². The van der Waals surface area contributed by atoms with Crippen molar-refractivity contribution < 1.29 is 14.4 Å². The normalized spacial score (nSPS) is 21.2. The molecule has 0 unspecified atom stereocenters. The molecule has 1 aromatic heterocycles. The fourth-order valence-corrected chi connectivity index (χ4v) is 4.71. The van der Waals surface area contributed by atoms with E-state index in [0.717, 1.165) is 18.2 Å². The summed E-state index contributed by atoms with van der Waals surface area (Å²) in [5, 5.41) is 19.4. The number of fused-ring (bicyclic) bond motifs is 1. The first kappa shape index (κ1) is 23.1. The van der Waals surface area contributed by atoms with Gasteiger partial charge in [0.05, 0.1) is 16.6 Å². The molecule has 4 rings (SSSR count). The molecule has 9 heteroatoms. The van der Waals surface area contributed by atoms with Gasteiger partial charge in [0.15, 0.2) is 0 Å². The van der Waals surface area contributed by atoms with Gasteiger partial charge in [0.2, 0.25) is 11.8 Å². The van der Waals surface area contributed by atoms with Crippen LogP contribution in [0.4, 0.5) is 0 Å². The van der Waals surface area contributed by atoms with Crippen molar-refractivity contribution >= 4 is 40.2 Å². The first-order chi connectivity index (χ1) is 15.6. The van der Waals surface area contributed by atoms with Gasteiger partial charge in [-0.05, 0) is 51.2 Å². The minimum absolute atomic E-state index is 0.102. The molecule has 2 aliphatic rings. The van der Waals surface area contributed by atoms with Crippen LogP contribution in [0.5, 0.6) is 0 Å². The van der Waals surface area contributed by atoms with Crippen molar-refractivity contribution in [3.05, 3.63) is 35.0 Å². The number of aromatic nitrogens is 1. The van der Waals surface area contributed by atoms with Crippen LogP contribution in [0.1, 0.15) is 56.4 Å². The maximum Gasteiger partial charge on any atom is 0.268 e. The molecule has 33 heavy (non-hydrogen) atoms. The summed E-state index contributed by atoms with van der Waals surface area (Å²) < 4.78 is 0. The van der Waals surface area contributed by atoms with Crippen LogP contribution < -0.4 is 16.0 Å². The van der Waals surface area contributed by atoms with Gasteiger partial charge >= 0.3 is 0 Å². The Labute approximate surface area is 197 Å². The summed E-state index contributed by atoms with van der Waals surface area (Å²) in [5.41, 5.74) is 0.653. The van der Waals surface area contributed by atoms with Crippen LogP contribution in [0.2, 0.25) is 5.02 Å². The van der Waals surface area contributed by atoms with Gasteiger partial charge in [0, 0.05) is 16.8 Å². The van der Waals surface area contributed by atoms with E-state index in [1.807, 2.05) is 19.9 Å². The Morgan fingerprint density at radius 1 is 1.27 bits per heavy atom. The first-order valence-electron chi connectivity index (χ1n) is 11.3. The van der Waals surface area contributed by atoms with Gasteiger partial charge < -0.3 is 20.9 Å². The van der Waals surface area contributed by atoms with Gasteiger partial charge in [-0.2, -0.15) is 5.26 Å². The molecule has 2 fully saturated rings. The van der Waals surface area contributed by atoms with Gasteiger partial charge in [0.1, 0.15) is 17.8 Å². The summed E-state index contributed by atoms with van der Waals surface area (Å²) in [5.74, 6) is -0.880. The van der Waals surface area contributed by atoms with Crippen molar-refractivity contribution in [1.82, 2.24) is 20.9 Å². The van der Waals surface area contributed by atoms with Crippen LogP contribution in [0.25, 0.3) is 10.9 Å². The molecule has 8 nitrogen and oxygen atoms in total. The second kappa shape index (κ2) is 9.06. The summed E-state index contributed by atoms with van der Waals surface area (Å²) in [4.78, 5) is 41.2. The lowest BCUT2D eigenvalue weighted by molar-refractivity contribution is -0.125. The Balaban J connectivity index is 1.43. The molecule has 174 valence electrons. The number of H-pyrrole nitrogens is 1. The first-order valence-corrected chi connectivity index (χ1v) is 11.6. The van der Waals surface area contributed by atoms with E-state index in [2.05, 4.69) is 27.0 Å². The number of halogens is 1. The quantitative estimate of drug-likeness (QED) is 0.473. The van der Waals surface area contributed by atoms with E-state index in [-0.39, 0.29) is 23.8 Å². The van der Waals surface area contributed by atoms with E-state index < -0.39 is 23.9 Å². The van der Waals surface area contributed by atoms with E-state index in [4.69, 9.17) is 11.6 Å². The van der Waals surface area contributed by atoms with Gasteiger partial charge in [-0.1, -0.05) is 36.6 Å². The monoisotopic (exact) mass is 469 g/mol. The zero-order valence-corrected chi connectivity index (χ0v) is 19.5. The highest BCUT2D eigenvalue weighted by Gasteiger charge is 2.39. The van der Waals surface area contributed by atoms with E-state index in [9.17, 15) is 19.6 Å². The number of carbonyl (C=O) groups is 3.